The molecule has 11 N–H and O–H groups in total. The Labute approximate surface area is 535 Å². The monoisotopic (exact) mass is 1330 g/mol. The van der Waals surface area contributed by atoms with Crippen LogP contribution in [0, 0.1) is 0 Å². The van der Waals surface area contributed by atoms with Gasteiger partial charge in [-0.25, -0.2) is 24.0 Å². The predicted molar refractivity (Wildman–Crippen MR) is 293 cm³/mol. The summed E-state index contributed by atoms with van der Waals surface area (Å²) in [6, 6.07) is 0. The molecule has 32 nitrogen and oxygen atoms in total. The molecular formula is C50H88BClNaO32SSi. The second-order valence-corrected chi connectivity index (χ2v) is 31.8. The quantitative estimate of drug-likeness (QED) is 0.0390. The van der Waals surface area contributed by atoms with E-state index in [1.807, 2.05) is 41.5 Å². The van der Waals surface area contributed by atoms with E-state index in [9.17, 15) is 24.0 Å². The van der Waals surface area contributed by atoms with Gasteiger partial charge >= 0.3 is 69.8 Å². The van der Waals surface area contributed by atoms with Crippen LogP contribution in [0.4, 0.5) is 0 Å². The van der Waals surface area contributed by atoms with Gasteiger partial charge in [-0.15, -0.1) is 0 Å². The zero-order valence-electron chi connectivity index (χ0n) is 52.6. The summed E-state index contributed by atoms with van der Waals surface area (Å²) in [5.74, 6) is -5.19. The van der Waals surface area contributed by atoms with Crippen molar-refractivity contribution < 1.29 is 185 Å². The Morgan fingerprint density at radius 3 is 0.885 bits per heavy atom. The smallest absolute Gasteiger partial charge is 1.00 e. The Balaban J connectivity index is 0.000000991. The van der Waals surface area contributed by atoms with Crippen LogP contribution in [-0.2, 0) is 101 Å². The largest absolute Gasteiger partial charge is 1.00 e. The van der Waals surface area contributed by atoms with E-state index < -0.39 is 164 Å². The van der Waals surface area contributed by atoms with Crippen molar-refractivity contribution in [3.8, 4) is 0 Å². The van der Waals surface area contributed by atoms with Crippen molar-refractivity contribution in [2.75, 3.05) is 26.4 Å². The molecule has 0 amide bonds. The summed E-state index contributed by atoms with van der Waals surface area (Å²) < 4.78 is 104. The molecule has 0 bridgehead atoms. The summed E-state index contributed by atoms with van der Waals surface area (Å²) in [4.78, 5) is 55.3. The van der Waals surface area contributed by atoms with E-state index in [0.717, 1.165) is 12.8 Å². The second kappa shape index (κ2) is 33.3. The normalized spacial score (nSPS) is 37.0. The number of hydrogen-bond donors (Lipinski definition) is 11. The summed E-state index contributed by atoms with van der Waals surface area (Å²) in [5.41, 5.74) is 0. The summed E-state index contributed by atoms with van der Waals surface area (Å²) in [7, 11) is -6.05. The molecule has 3 radical (unpaired) electrons. The van der Waals surface area contributed by atoms with Crippen molar-refractivity contribution in [2.45, 2.75) is 260 Å². The molecule has 10 rings (SSSR count). The van der Waals surface area contributed by atoms with Crippen molar-refractivity contribution in [2.24, 2.45) is 0 Å². The second-order valence-electron chi connectivity index (χ2n) is 23.7. The van der Waals surface area contributed by atoms with Crippen molar-refractivity contribution >= 4 is 67.1 Å². The average Bonchev–Trinajstić information content (AvgIpc) is 2.18. The van der Waals surface area contributed by atoms with Gasteiger partial charge < -0.3 is 114 Å². The molecule has 0 aromatic rings. The zero-order valence-corrected chi connectivity index (χ0v) is 56.1. The van der Waals surface area contributed by atoms with Crippen LogP contribution in [0.3, 0.4) is 0 Å². The minimum atomic E-state index is -4.67. The molecule has 0 aromatic carbocycles. The summed E-state index contributed by atoms with van der Waals surface area (Å²) >= 11 is 6.15. The molecule has 10 aliphatic rings. The maximum atomic E-state index is 11.3. The number of aliphatic hydroxyl groups excluding tert-OH is 9. The SMILES string of the molecule is CC(C)(C)[Si](C)(C)Cl.CC1(C)OC2C(=O)O[C@@H](CO)C2O1.CC1(C)OC2C(=O)O[C@H](CO)C2O1.CC[C@@H]1OC(=O)C2OC(C)(C)OC21.CC[C@H]1OC(=O)C2OC(C)(C)OC21.O=C1O[C@H](CO)C(O)C1O.O=S(=O)(O)O.OC[C@H]1OC(O)C(O)C1O.[B].[H-].[Na+]. The summed E-state index contributed by atoms with van der Waals surface area (Å²) in [5, 5.41) is 79.1. The van der Waals surface area contributed by atoms with Crippen molar-refractivity contribution in [3.05, 3.63) is 0 Å². The molecule has 37 heteroatoms. The van der Waals surface area contributed by atoms with Crippen LogP contribution in [0.25, 0.3) is 0 Å². The van der Waals surface area contributed by atoms with E-state index >= 15 is 0 Å². The van der Waals surface area contributed by atoms with E-state index in [1.54, 1.807) is 27.7 Å². The minimum absolute atomic E-state index is 0. The van der Waals surface area contributed by atoms with Crippen molar-refractivity contribution in [1.29, 1.82) is 0 Å². The molecule has 19 atom stereocenters. The van der Waals surface area contributed by atoms with Gasteiger partial charge in [-0.1, -0.05) is 47.7 Å². The molecule has 10 fully saturated rings. The number of fused-ring (bicyclic) bond motifs is 4. The molecule has 13 unspecified atom stereocenters. The average molecular weight is 1330 g/mol. The predicted octanol–water partition coefficient (Wildman–Crippen LogP) is -5.11. The Morgan fingerprint density at radius 2 is 0.713 bits per heavy atom. The zero-order chi connectivity index (χ0) is 65.5. The number of ether oxygens (including phenoxy) is 14. The minimum Gasteiger partial charge on any atom is -1.00 e. The number of hydrogen-bond acceptors (Lipinski definition) is 30. The molecule has 0 saturated carbocycles. The van der Waals surface area contributed by atoms with Gasteiger partial charge in [0.15, 0.2) is 85.7 Å². The van der Waals surface area contributed by atoms with Gasteiger partial charge in [0, 0.05) is 8.41 Å². The third kappa shape index (κ3) is 23.5. The first-order chi connectivity index (χ1) is 38.7. The topological polar surface area (TPSA) is 471 Å². The fourth-order valence-electron chi connectivity index (χ4n) is 8.68. The maximum absolute atomic E-state index is 11.3. The van der Waals surface area contributed by atoms with Crippen molar-refractivity contribution in [1.82, 2.24) is 0 Å². The van der Waals surface area contributed by atoms with Crippen LogP contribution >= 0.6 is 11.1 Å². The first-order valence-electron chi connectivity index (χ1n) is 27.0. The van der Waals surface area contributed by atoms with E-state index in [-0.39, 0.29) is 89.0 Å². The van der Waals surface area contributed by atoms with Crippen LogP contribution in [0.2, 0.25) is 18.1 Å². The summed E-state index contributed by atoms with van der Waals surface area (Å²) in [6.45, 7) is 27.7. The molecule has 0 spiro atoms. The van der Waals surface area contributed by atoms with Gasteiger partial charge in [-0.2, -0.15) is 19.5 Å². The van der Waals surface area contributed by atoms with Crippen molar-refractivity contribution in [3.63, 3.8) is 0 Å². The Morgan fingerprint density at radius 1 is 0.471 bits per heavy atom. The number of aliphatic hydroxyl groups is 9. The third-order valence-electron chi connectivity index (χ3n) is 13.8. The van der Waals surface area contributed by atoms with Gasteiger partial charge in [0.25, 0.3) is 0 Å². The Kier molecular flexibility index (Phi) is 31.8. The maximum Gasteiger partial charge on any atom is 1.00 e. The number of cyclic esters (lactones) is 5. The number of halogens is 1. The third-order valence-corrected chi connectivity index (χ3v) is 19.1. The van der Waals surface area contributed by atoms with Gasteiger partial charge in [0.1, 0.15) is 61.0 Å². The number of rotatable bonds is 6. The van der Waals surface area contributed by atoms with Crippen LogP contribution in [-0.4, -0.2) is 275 Å². The van der Waals surface area contributed by atoms with Gasteiger partial charge in [-0.3, -0.25) is 9.11 Å². The fraction of sp³-hybridized carbons (Fsp3) is 0.900. The molecule has 501 valence electrons. The molecule has 87 heavy (non-hydrogen) atoms. The van der Waals surface area contributed by atoms with Crippen LogP contribution < -0.4 is 29.6 Å². The molecule has 0 aromatic heterocycles. The molecule has 10 heterocycles. The van der Waals surface area contributed by atoms with E-state index in [0.29, 0.717) is 5.04 Å². The first kappa shape index (κ1) is 83.1. The van der Waals surface area contributed by atoms with Crippen LogP contribution in [0.1, 0.15) is 104 Å². The molecule has 10 aliphatic heterocycles. The number of carbonyl (C=O) groups is 5. The number of carbonyl (C=O) groups excluding carboxylic acids is 5. The van der Waals surface area contributed by atoms with Gasteiger partial charge in [0.05, 0.1) is 26.4 Å². The molecule has 10 saturated heterocycles. The van der Waals surface area contributed by atoms with E-state index in [1.165, 1.54) is 0 Å². The summed E-state index contributed by atoms with van der Waals surface area (Å²) in [6.07, 6.45) is -12.2. The Bertz CT molecular complexity index is 2130. The molecule has 0 aliphatic carbocycles. The Hall–Kier alpha value is -1.93. The number of esters is 5. The van der Waals surface area contributed by atoms with Gasteiger partial charge in [-0.05, 0) is 73.3 Å². The van der Waals surface area contributed by atoms with Crippen LogP contribution in [0.15, 0.2) is 0 Å². The van der Waals surface area contributed by atoms with E-state index in [2.05, 4.69) is 43.3 Å². The first-order valence-corrected chi connectivity index (χ1v) is 32.5. The standard InChI is InChI=1S/2C9H14O4.2C8H12O5.C6H15ClSi.C5H10O5.C5H8O5.B.Na.H2O4S.H/c2*1-4-5-6-7(8(10)11-5)13-9(2,3)12-6;2*1-8(2)12-5-4(3-9)11-7(10)6(5)13-8;1-6(2,3)8(4,5)7;2*6-1-2-3(7)4(8)5(9)10-2;;;1-5(2,3)4;/h2*5-7H,4H2,1-3H3;2*4-6,9H,3H2,1-2H3;1-5H3;2-9H,1H2;2-4,6-8H,1H2;;;(H2,1,2,3,4);/q;;;;;;;;+1;;-1/t2*5-,6?,7?;2*4-,5?,6?;;2-,3?,4?,5?;2-,3?,4?;;;;/m1010.11..../s1. The fourth-order valence-corrected chi connectivity index (χ4v) is 8.68. The van der Waals surface area contributed by atoms with E-state index in [4.69, 9.17) is 131 Å². The van der Waals surface area contributed by atoms with Crippen LogP contribution in [0.5, 0.6) is 0 Å². The van der Waals surface area contributed by atoms with Gasteiger partial charge in [0.2, 0.25) is 0 Å². The molecular weight excluding hydrogens is 1240 g/mol.